The smallest absolute Gasteiger partial charge is 0.0409 e. The molecule has 2 aliphatic rings. The van der Waals surface area contributed by atoms with Crippen molar-refractivity contribution in [2.24, 2.45) is 11.7 Å². The van der Waals surface area contributed by atoms with Gasteiger partial charge in [-0.1, -0.05) is 23.7 Å². The minimum absolute atomic E-state index is 0.151. The quantitative estimate of drug-likeness (QED) is 0.828. The average Bonchev–Trinajstić information content (AvgIpc) is 2.65. The summed E-state index contributed by atoms with van der Waals surface area (Å²) in [6.07, 6.45) is 1.22. The standard InChI is InChI=1S/C12H15ClN2/c13-11-3-1-2-9(4-11)6-15-7-10-5-12(10,14)8-15/h1-4,10H,5-8,14H2/t10-,12-/m1/s1. The van der Waals surface area contributed by atoms with Gasteiger partial charge in [0, 0.05) is 30.2 Å². The number of likely N-dealkylation sites (tertiary alicyclic amines) is 1. The molecule has 0 bridgehead atoms. The van der Waals surface area contributed by atoms with Crippen LogP contribution in [0.1, 0.15) is 12.0 Å². The number of benzene rings is 1. The first-order valence-corrected chi connectivity index (χ1v) is 5.79. The Morgan fingerprint density at radius 1 is 1.53 bits per heavy atom. The first-order chi connectivity index (χ1) is 7.16. The second-order valence-electron chi connectivity index (χ2n) is 4.93. The van der Waals surface area contributed by atoms with E-state index in [-0.39, 0.29) is 5.54 Å². The van der Waals surface area contributed by atoms with Gasteiger partial charge in [-0.15, -0.1) is 0 Å². The van der Waals surface area contributed by atoms with Gasteiger partial charge in [0.1, 0.15) is 0 Å². The summed E-state index contributed by atoms with van der Waals surface area (Å²) in [6, 6.07) is 8.08. The Morgan fingerprint density at radius 3 is 3.07 bits per heavy atom. The number of nitrogens with zero attached hydrogens (tertiary/aromatic N) is 1. The Bertz CT molecular complexity index is 393. The van der Waals surface area contributed by atoms with E-state index in [0.717, 1.165) is 30.6 Å². The van der Waals surface area contributed by atoms with Gasteiger partial charge >= 0.3 is 0 Å². The molecule has 1 saturated carbocycles. The fourth-order valence-corrected chi connectivity index (χ4v) is 2.86. The number of fused-ring (bicyclic) bond motifs is 1. The van der Waals surface area contributed by atoms with Crippen molar-refractivity contribution in [2.45, 2.75) is 18.5 Å². The molecule has 1 aliphatic heterocycles. The van der Waals surface area contributed by atoms with Crippen molar-refractivity contribution in [3.63, 3.8) is 0 Å². The van der Waals surface area contributed by atoms with Gasteiger partial charge in [0.15, 0.2) is 0 Å². The summed E-state index contributed by atoms with van der Waals surface area (Å²) in [4.78, 5) is 2.43. The van der Waals surface area contributed by atoms with Gasteiger partial charge in [0.05, 0.1) is 0 Å². The number of nitrogens with two attached hydrogens (primary N) is 1. The number of rotatable bonds is 2. The molecule has 0 unspecified atom stereocenters. The van der Waals surface area contributed by atoms with Crippen LogP contribution in [0, 0.1) is 5.92 Å². The molecule has 1 aromatic carbocycles. The predicted octanol–water partition coefficient (Wildman–Crippen LogP) is 1.87. The lowest BCUT2D eigenvalue weighted by atomic mass is 10.2. The molecule has 2 atom stereocenters. The van der Waals surface area contributed by atoms with Crippen molar-refractivity contribution in [1.82, 2.24) is 4.90 Å². The van der Waals surface area contributed by atoms with E-state index >= 15 is 0 Å². The van der Waals surface area contributed by atoms with Gasteiger partial charge in [0.2, 0.25) is 0 Å². The number of hydrogen-bond acceptors (Lipinski definition) is 2. The molecule has 0 amide bonds. The Morgan fingerprint density at radius 2 is 2.40 bits per heavy atom. The van der Waals surface area contributed by atoms with E-state index in [4.69, 9.17) is 17.3 Å². The predicted molar refractivity (Wildman–Crippen MR) is 61.8 cm³/mol. The molecule has 80 valence electrons. The lowest BCUT2D eigenvalue weighted by molar-refractivity contribution is 0.291. The maximum absolute atomic E-state index is 6.16. The molecule has 1 aromatic rings. The van der Waals surface area contributed by atoms with E-state index in [0.29, 0.717) is 0 Å². The van der Waals surface area contributed by atoms with Crippen LogP contribution >= 0.6 is 11.6 Å². The van der Waals surface area contributed by atoms with Crippen LogP contribution in [0.3, 0.4) is 0 Å². The molecule has 1 aliphatic carbocycles. The van der Waals surface area contributed by atoms with Gasteiger partial charge in [-0.25, -0.2) is 0 Å². The fraction of sp³-hybridized carbons (Fsp3) is 0.500. The number of piperidine rings is 1. The first kappa shape index (κ1) is 9.64. The molecule has 1 heterocycles. The minimum Gasteiger partial charge on any atom is -0.324 e. The molecule has 2 fully saturated rings. The van der Waals surface area contributed by atoms with Crippen LogP contribution in [0.2, 0.25) is 5.02 Å². The zero-order chi connectivity index (χ0) is 10.5. The molecule has 15 heavy (non-hydrogen) atoms. The van der Waals surface area contributed by atoms with Crippen molar-refractivity contribution < 1.29 is 0 Å². The highest BCUT2D eigenvalue weighted by atomic mass is 35.5. The molecule has 2 nitrogen and oxygen atoms in total. The summed E-state index contributed by atoms with van der Waals surface area (Å²) in [7, 11) is 0. The van der Waals surface area contributed by atoms with Crippen molar-refractivity contribution in [3.05, 3.63) is 34.9 Å². The van der Waals surface area contributed by atoms with Gasteiger partial charge in [-0.2, -0.15) is 0 Å². The van der Waals surface area contributed by atoms with Crippen molar-refractivity contribution in [2.75, 3.05) is 13.1 Å². The largest absolute Gasteiger partial charge is 0.324 e. The zero-order valence-corrected chi connectivity index (χ0v) is 9.37. The summed E-state index contributed by atoms with van der Waals surface area (Å²) in [5, 5.41) is 0.819. The summed E-state index contributed by atoms with van der Waals surface area (Å²) >= 11 is 5.95. The molecule has 0 spiro atoms. The highest BCUT2D eigenvalue weighted by molar-refractivity contribution is 6.30. The lowest BCUT2D eigenvalue weighted by Gasteiger charge is -2.18. The Hall–Kier alpha value is -0.570. The third kappa shape index (κ3) is 1.78. The van der Waals surface area contributed by atoms with Gasteiger partial charge in [-0.05, 0) is 30.0 Å². The van der Waals surface area contributed by atoms with Gasteiger partial charge in [-0.3, -0.25) is 4.90 Å². The zero-order valence-electron chi connectivity index (χ0n) is 8.62. The summed E-state index contributed by atoms with van der Waals surface area (Å²) in [5.74, 6) is 0.747. The highest BCUT2D eigenvalue weighted by Crippen LogP contribution is 2.47. The summed E-state index contributed by atoms with van der Waals surface area (Å²) < 4.78 is 0. The van der Waals surface area contributed by atoms with Crippen LogP contribution in [0.15, 0.2) is 24.3 Å². The van der Waals surface area contributed by atoms with Gasteiger partial charge < -0.3 is 5.73 Å². The highest BCUT2D eigenvalue weighted by Gasteiger charge is 2.56. The van der Waals surface area contributed by atoms with E-state index in [1.807, 2.05) is 18.2 Å². The van der Waals surface area contributed by atoms with Crippen molar-refractivity contribution in [1.29, 1.82) is 0 Å². The second-order valence-corrected chi connectivity index (χ2v) is 5.37. The Labute approximate surface area is 95.0 Å². The molecule has 3 heteroatoms. The maximum atomic E-state index is 6.16. The van der Waals surface area contributed by atoms with Gasteiger partial charge in [0.25, 0.3) is 0 Å². The Kier molecular flexibility index (Phi) is 2.06. The minimum atomic E-state index is 0.151. The third-order valence-electron chi connectivity index (χ3n) is 3.57. The SMILES string of the molecule is N[C@@]12C[C@@H]1CN(Cc1cccc(Cl)c1)C2. The van der Waals surface area contributed by atoms with Crippen LogP contribution in [-0.2, 0) is 6.54 Å². The number of hydrogen-bond donors (Lipinski definition) is 1. The average molecular weight is 223 g/mol. The van der Waals surface area contributed by atoms with Crippen molar-refractivity contribution in [3.8, 4) is 0 Å². The van der Waals surface area contributed by atoms with E-state index in [1.54, 1.807) is 0 Å². The molecule has 3 rings (SSSR count). The van der Waals surface area contributed by atoms with Crippen LogP contribution < -0.4 is 5.73 Å². The van der Waals surface area contributed by atoms with E-state index in [2.05, 4.69) is 11.0 Å². The summed E-state index contributed by atoms with van der Waals surface area (Å²) in [6.45, 7) is 3.18. The molecule has 0 aromatic heterocycles. The first-order valence-electron chi connectivity index (χ1n) is 5.41. The topological polar surface area (TPSA) is 29.3 Å². The lowest BCUT2D eigenvalue weighted by Crippen LogP contribution is -2.32. The van der Waals surface area contributed by atoms with Crippen LogP contribution in [0.4, 0.5) is 0 Å². The molecular formula is C12H15ClN2. The van der Waals surface area contributed by atoms with E-state index in [9.17, 15) is 0 Å². The number of halogens is 1. The molecule has 1 saturated heterocycles. The monoisotopic (exact) mass is 222 g/mol. The Balaban J connectivity index is 1.67. The maximum Gasteiger partial charge on any atom is 0.0409 e. The van der Waals surface area contributed by atoms with E-state index < -0.39 is 0 Å². The molecule has 0 radical (unpaired) electrons. The molecular weight excluding hydrogens is 208 g/mol. The second kappa shape index (κ2) is 3.21. The van der Waals surface area contributed by atoms with Crippen LogP contribution in [0.25, 0.3) is 0 Å². The third-order valence-corrected chi connectivity index (χ3v) is 3.81. The summed E-state index contributed by atoms with van der Waals surface area (Å²) in [5.41, 5.74) is 7.59. The van der Waals surface area contributed by atoms with Crippen molar-refractivity contribution >= 4 is 11.6 Å². The molecule has 2 N–H and O–H groups in total. The van der Waals surface area contributed by atoms with Crippen LogP contribution in [0.5, 0.6) is 0 Å². The van der Waals surface area contributed by atoms with E-state index in [1.165, 1.54) is 12.0 Å². The normalized spacial score (nSPS) is 34.1. The van der Waals surface area contributed by atoms with Crippen LogP contribution in [-0.4, -0.2) is 23.5 Å². The fourth-order valence-electron chi connectivity index (χ4n) is 2.65.